The largest absolute Gasteiger partial charge is 0.395 e. The summed E-state index contributed by atoms with van der Waals surface area (Å²) in [4.78, 5) is 23.5. The predicted octanol–water partition coefficient (Wildman–Crippen LogP) is 2.09. The molecule has 34 heavy (non-hydrogen) atoms. The van der Waals surface area contributed by atoms with Crippen LogP contribution in [0.5, 0.6) is 0 Å². The first-order chi connectivity index (χ1) is 16.4. The van der Waals surface area contributed by atoms with Crippen molar-refractivity contribution in [2.45, 2.75) is 46.1 Å². The number of carbonyl (C=O) groups excluding carboxylic acids is 1. The molecule has 0 bridgehead atoms. The van der Waals surface area contributed by atoms with Crippen LogP contribution in [0.2, 0.25) is 0 Å². The molecule has 0 atom stereocenters. The lowest BCUT2D eigenvalue weighted by atomic mass is 9.89. The Morgan fingerprint density at radius 2 is 2.03 bits per heavy atom. The second-order valence-corrected chi connectivity index (χ2v) is 9.07. The van der Waals surface area contributed by atoms with Gasteiger partial charge >= 0.3 is 0 Å². The fraction of sp³-hybridized carbons (Fsp3) is 0.440. The number of aliphatic hydroxyl groups is 1. The van der Waals surface area contributed by atoms with E-state index < -0.39 is 0 Å². The Bertz CT molecular complexity index is 1280. The Labute approximate surface area is 199 Å². The van der Waals surface area contributed by atoms with Crippen LogP contribution in [0.25, 0.3) is 11.2 Å². The van der Waals surface area contributed by atoms with E-state index >= 15 is 0 Å². The summed E-state index contributed by atoms with van der Waals surface area (Å²) in [6, 6.07) is 5.85. The summed E-state index contributed by atoms with van der Waals surface area (Å²) in [5.41, 5.74) is 5.71. The smallest absolute Gasteiger partial charge is 0.219 e. The van der Waals surface area contributed by atoms with Gasteiger partial charge in [-0.25, -0.2) is 9.51 Å². The predicted molar refractivity (Wildman–Crippen MR) is 133 cm³/mol. The van der Waals surface area contributed by atoms with Crippen molar-refractivity contribution < 1.29 is 9.90 Å². The Kier molecular flexibility index (Phi) is 6.95. The van der Waals surface area contributed by atoms with Gasteiger partial charge in [0.15, 0.2) is 0 Å². The SMILES string of the molecule is C/C=C(\N=c1\ccc(N2CCC(C)(NCCO)CC2)cn1C=O)c1cc2c(C)nc(C)cn2n1. The number of hydrogen-bond donors (Lipinski definition) is 2. The summed E-state index contributed by atoms with van der Waals surface area (Å²) in [6.07, 6.45) is 8.33. The molecular formula is C25H33N7O2. The van der Waals surface area contributed by atoms with Crippen LogP contribution >= 0.6 is 0 Å². The highest BCUT2D eigenvalue weighted by atomic mass is 16.3. The first-order valence-electron chi connectivity index (χ1n) is 11.7. The molecule has 0 aliphatic carbocycles. The molecule has 9 nitrogen and oxygen atoms in total. The van der Waals surface area contributed by atoms with Gasteiger partial charge in [0.2, 0.25) is 6.41 Å². The molecule has 1 fully saturated rings. The van der Waals surface area contributed by atoms with E-state index in [0.29, 0.717) is 17.7 Å². The number of fused-ring (bicyclic) bond motifs is 1. The van der Waals surface area contributed by atoms with Crippen LogP contribution in [0.3, 0.4) is 0 Å². The van der Waals surface area contributed by atoms with Gasteiger partial charge in [0, 0.05) is 31.4 Å². The number of nitrogens with zero attached hydrogens (tertiary/aromatic N) is 6. The van der Waals surface area contributed by atoms with E-state index in [1.165, 1.54) is 4.57 Å². The highest BCUT2D eigenvalue weighted by molar-refractivity contribution is 5.67. The molecule has 4 heterocycles. The van der Waals surface area contributed by atoms with Crippen LogP contribution in [-0.2, 0) is 4.79 Å². The molecular weight excluding hydrogens is 430 g/mol. The number of β-amino-alcohol motifs (C(OH)–C–C–N with tert-alkyl or cyclic N) is 1. The number of piperidine rings is 1. The standard InChI is InChI=1S/C25H33N7O2/c1-5-21(22-14-23-19(3)27-18(2)15-32(23)29-22)28-24-7-6-20(16-31(24)17-34)30-11-8-25(4,9-12-30)26-10-13-33/h5-7,14-17,26,33H,8-13H2,1-4H3/b21-5-,28-24-. The Balaban J connectivity index is 1.59. The average Bonchev–Trinajstić information content (AvgIpc) is 3.26. The molecule has 0 spiro atoms. The van der Waals surface area contributed by atoms with E-state index in [2.05, 4.69) is 27.2 Å². The van der Waals surface area contributed by atoms with Crippen LogP contribution in [-0.4, -0.2) is 62.5 Å². The van der Waals surface area contributed by atoms with Gasteiger partial charge in [0.1, 0.15) is 11.2 Å². The summed E-state index contributed by atoms with van der Waals surface area (Å²) < 4.78 is 3.34. The molecule has 3 aromatic rings. The maximum atomic E-state index is 11.9. The number of anilines is 1. The van der Waals surface area contributed by atoms with Crippen LogP contribution < -0.4 is 15.7 Å². The molecule has 4 rings (SSSR count). The van der Waals surface area contributed by atoms with Crippen molar-refractivity contribution in [1.82, 2.24) is 24.5 Å². The molecule has 9 heteroatoms. The minimum Gasteiger partial charge on any atom is -0.395 e. The minimum atomic E-state index is 0.0243. The number of hydrogen-bond acceptors (Lipinski definition) is 7. The summed E-state index contributed by atoms with van der Waals surface area (Å²) in [6.45, 7) is 10.5. The lowest BCUT2D eigenvalue weighted by molar-refractivity contribution is 0.235. The minimum absolute atomic E-state index is 0.0243. The van der Waals surface area contributed by atoms with Crippen LogP contribution in [0.1, 0.15) is 43.8 Å². The monoisotopic (exact) mass is 463 g/mol. The molecule has 1 aliphatic heterocycles. The maximum absolute atomic E-state index is 11.9. The Morgan fingerprint density at radius 3 is 2.71 bits per heavy atom. The number of aryl methyl sites for hydroxylation is 2. The van der Waals surface area contributed by atoms with E-state index in [9.17, 15) is 4.79 Å². The highest BCUT2D eigenvalue weighted by Crippen LogP contribution is 2.25. The molecule has 1 saturated heterocycles. The number of nitrogens with one attached hydrogen (secondary N) is 1. The number of carbonyl (C=O) groups is 1. The van der Waals surface area contributed by atoms with E-state index in [-0.39, 0.29) is 12.1 Å². The first-order valence-corrected chi connectivity index (χ1v) is 11.7. The Hall–Kier alpha value is -3.30. The zero-order valence-electron chi connectivity index (χ0n) is 20.3. The van der Waals surface area contributed by atoms with E-state index in [1.807, 2.05) is 62.0 Å². The molecule has 3 aromatic heterocycles. The third kappa shape index (κ3) is 4.95. The average molecular weight is 464 g/mol. The fourth-order valence-electron chi connectivity index (χ4n) is 4.47. The molecule has 1 aliphatic rings. The number of allylic oxidation sites excluding steroid dienone is 1. The number of aromatic nitrogens is 4. The zero-order valence-corrected chi connectivity index (χ0v) is 20.3. The topological polar surface area (TPSA) is 100 Å². The third-order valence-electron chi connectivity index (χ3n) is 6.48. The van der Waals surface area contributed by atoms with Crippen molar-refractivity contribution in [1.29, 1.82) is 0 Å². The Morgan fingerprint density at radius 1 is 1.26 bits per heavy atom. The number of rotatable bonds is 7. The van der Waals surface area contributed by atoms with Gasteiger partial charge in [-0.3, -0.25) is 14.3 Å². The van der Waals surface area contributed by atoms with Gasteiger partial charge in [-0.05, 0) is 58.7 Å². The quantitative estimate of drug-likeness (QED) is 0.521. The van der Waals surface area contributed by atoms with Crippen molar-refractivity contribution in [3.05, 3.63) is 59.2 Å². The number of aliphatic hydroxyl groups excluding tert-OH is 1. The zero-order chi connectivity index (χ0) is 24.3. The van der Waals surface area contributed by atoms with Crippen LogP contribution in [0.15, 0.2) is 41.7 Å². The molecule has 0 radical (unpaired) electrons. The van der Waals surface area contributed by atoms with Crippen molar-refractivity contribution in [3.8, 4) is 0 Å². The summed E-state index contributed by atoms with van der Waals surface area (Å²) >= 11 is 0. The summed E-state index contributed by atoms with van der Waals surface area (Å²) in [5.74, 6) is 0. The number of pyridine rings is 1. The van der Waals surface area contributed by atoms with E-state index in [4.69, 9.17) is 10.1 Å². The first kappa shape index (κ1) is 23.8. The van der Waals surface area contributed by atoms with Crippen molar-refractivity contribution >= 4 is 23.3 Å². The summed E-state index contributed by atoms with van der Waals surface area (Å²) in [7, 11) is 0. The lowest BCUT2D eigenvalue weighted by Gasteiger charge is -2.41. The van der Waals surface area contributed by atoms with Crippen LogP contribution in [0.4, 0.5) is 5.69 Å². The van der Waals surface area contributed by atoms with Crippen LogP contribution in [0, 0.1) is 13.8 Å². The lowest BCUT2D eigenvalue weighted by Crippen LogP contribution is -2.52. The second-order valence-electron chi connectivity index (χ2n) is 9.07. The van der Waals surface area contributed by atoms with Gasteiger partial charge < -0.3 is 15.3 Å². The van der Waals surface area contributed by atoms with Gasteiger partial charge in [0.05, 0.1) is 41.1 Å². The molecule has 0 unspecified atom stereocenters. The molecule has 0 aromatic carbocycles. The maximum Gasteiger partial charge on any atom is 0.219 e. The second kappa shape index (κ2) is 9.90. The van der Waals surface area contributed by atoms with E-state index in [1.54, 1.807) is 0 Å². The van der Waals surface area contributed by atoms with Gasteiger partial charge in [0.25, 0.3) is 0 Å². The van der Waals surface area contributed by atoms with Gasteiger partial charge in [-0.1, -0.05) is 6.08 Å². The van der Waals surface area contributed by atoms with Crippen molar-refractivity contribution in [2.24, 2.45) is 4.99 Å². The van der Waals surface area contributed by atoms with Crippen molar-refractivity contribution in [2.75, 3.05) is 31.1 Å². The van der Waals surface area contributed by atoms with Gasteiger partial charge in [-0.2, -0.15) is 5.10 Å². The molecule has 0 amide bonds. The highest BCUT2D eigenvalue weighted by Gasteiger charge is 2.29. The normalized spacial score (nSPS) is 16.9. The third-order valence-corrected chi connectivity index (χ3v) is 6.48. The molecule has 2 N–H and O–H groups in total. The fourth-order valence-corrected chi connectivity index (χ4v) is 4.47. The molecule has 180 valence electrons. The van der Waals surface area contributed by atoms with E-state index in [0.717, 1.165) is 60.6 Å². The van der Waals surface area contributed by atoms with Gasteiger partial charge in [-0.15, -0.1) is 0 Å². The molecule has 0 saturated carbocycles. The van der Waals surface area contributed by atoms with Crippen molar-refractivity contribution in [3.63, 3.8) is 0 Å². The summed E-state index contributed by atoms with van der Waals surface area (Å²) in [5, 5.41) is 17.2.